The third-order valence-electron chi connectivity index (χ3n) is 5.32. The molecule has 1 atom stereocenters. The number of imidazole rings is 1. The molecule has 1 fully saturated rings. The Hall–Kier alpha value is -2.98. The van der Waals surface area contributed by atoms with Crippen LogP contribution in [0.5, 0.6) is 0 Å². The first-order chi connectivity index (χ1) is 13.7. The van der Waals surface area contributed by atoms with Gasteiger partial charge in [0.25, 0.3) is 11.7 Å². The Bertz CT molecular complexity index is 1000. The molecule has 11 heteroatoms. The Kier molecular flexibility index (Phi) is 4.75. The number of hydrogen-bond donors (Lipinski definition) is 1. The zero-order chi connectivity index (χ0) is 20.8. The summed E-state index contributed by atoms with van der Waals surface area (Å²) >= 11 is 0. The van der Waals surface area contributed by atoms with Gasteiger partial charge in [0.1, 0.15) is 0 Å². The fourth-order valence-corrected chi connectivity index (χ4v) is 3.88. The Balaban J connectivity index is 1.80. The molecule has 0 aliphatic heterocycles. The number of carbonyl (C=O) groups is 1. The summed E-state index contributed by atoms with van der Waals surface area (Å²) in [4.78, 5) is 25.0. The summed E-state index contributed by atoms with van der Waals surface area (Å²) < 4.78 is 30.5. The van der Waals surface area contributed by atoms with Gasteiger partial charge >= 0.3 is 0 Å². The first kappa shape index (κ1) is 19.3. The Morgan fingerprint density at radius 3 is 2.55 bits per heavy atom. The molecule has 29 heavy (non-hydrogen) atoms. The van der Waals surface area contributed by atoms with Crippen molar-refractivity contribution in [3.8, 4) is 0 Å². The summed E-state index contributed by atoms with van der Waals surface area (Å²) in [6, 6.07) is -0.139. The van der Waals surface area contributed by atoms with Crippen molar-refractivity contribution < 1.29 is 13.6 Å². The van der Waals surface area contributed by atoms with Gasteiger partial charge < -0.3 is 5.73 Å². The number of hydrogen-bond acceptors (Lipinski definition) is 6. The van der Waals surface area contributed by atoms with E-state index in [0.717, 1.165) is 0 Å². The van der Waals surface area contributed by atoms with Crippen molar-refractivity contribution >= 4 is 11.7 Å². The molecule has 1 saturated carbocycles. The minimum absolute atomic E-state index is 0.0427. The molecule has 1 amide bonds. The van der Waals surface area contributed by atoms with Crippen LogP contribution in [-0.4, -0.2) is 46.2 Å². The summed E-state index contributed by atoms with van der Waals surface area (Å²) in [6.45, 7) is 3.72. The standard InChI is InChI=1S/C18H22F2N8O/c1-10(2)28-16(14(21)29)25-15(26-28)13(11-3-5-18(19,20)6-4-11)12-9-27-17(24-12)22-7-8-23-27/h7-11,13H,3-6H2,1-2H3,(H2,21,29)/t13-/m0/s1. The van der Waals surface area contributed by atoms with E-state index in [9.17, 15) is 13.6 Å². The lowest BCUT2D eigenvalue weighted by Crippen LogP contribution is -2.29. The molecule has 0 spiro atoms. The molecule has 9 nitrogen and oxygen atoms in total. The van der Waals surface area contributed by atoms with Gasteiger partial charge in [-0.2, -0.15) is 10.2 Å². The number of nitrogens with zero attached hydrogens (tertiary/aromatic N) is 7. The zero-order valence-corrected chi connectivity index (χ0v) is 16.2. The van der Waals surface area contributed by atoms with Gasteiger partial charge in [-0.1, -0.05) is 0 Å². The van der Waals surface area contributed by atoms with E-state index in [-0.39, 0.29) is 30.6 Å². The molecular formula is C18H22F2N8O. The minimum Gasteiger partial charge on any atom is -0.363 e. The second-order valence-corrected chi connectivity index (χ2v) is 7.72. The van der Waals surface area contributed by atoms with Crippen molar-refractivity contribution in [3.05, 3.63) is 35.9 Å². The van der Waals surface area contributed by atoms with Gasteiger partial charge in [0.05, 0.1) is 30.2 Å². The highest BCUT2D eigenvalue weighted by Crippen LogP contribution is 2.44. The number of aromatic nitrogens is 7. The number of nitrogens with two attached hydrogens (primary N) is 1. The predicted molar refractivity (Wildman–Crippen MR) is 98.5 cm³/mol. The maximum Gasteiger partial charge on any atom is 0.286 e. The smallest absolute Gasteiger partial charge is 0.286 e. The monoisotopic (exact) mass is 404 g/mol. The Labute approximate surface area is 165 Å². The average molecular weight is 404 g/mol. The van der Waals surface area contributed by atoms with E-state index in [0.29, 0.717) is 30.1 Å². The van der Waals surface area contributed by atoms with Gasteiger partial charge in [0, 0.05) is 18.9 Å². The van der Waals surface area contributed by atoms with Crippen LogP contribution in [0.4, 0.5) is 8.78 Å². The third kappa shape index (κ3) is 3.68. The number of halogens is 2. The van der Waals surface area contributed by atoms with Crippen LogP contribution in [-0.2, 0) is 0 Å². The van der Waals surface area contributed by atoms with E-state index < -0.39 is 17.7 Å². The van der Waals surface area contributed by atoms with Crippen LogP contribution in [0, 0.1) is 5.92 Å². The minimum atomic E-state index is -2.66. The molecule has 4 rings (SSSR count). The fourth-order valence-electron chi connectivity index (χ4n) is 3.88. The lowest BCUT2D eigenvalue weighted by atomic mass is 9.77. The highest BCUT2D eigenvalue weighted by molar-refractivity contribution is 5.89. The van der Waals surface area contributed by atoms with Crippen LogP contribution >= 0.6 is 0 Å². The number of amides is 1. The third-order valence-corrected chi connectivity index (χ3v) is 5.32. The van der Waals surface area contributed by atoms with Crippen molar-refractivity contribution in [2.45, 2.75) is 57.4 Å². The lowest BCUT2D eigenvalue weighted by Gasteiger charge is -2.31. The van der Waals surface area contributed by atoms with Crippen LogP contribution in [0.3, 0.4) is 0 Å². The maximum absolute atomic E-state index is 13.8. The molecule has 0 aromatic carbocycles. The number of rotatable bonds is 5. The first-order valence-corrected chi connectivity index (χ1v) is 9.55. The Morgan fingerprint density at radius 1 is 1.24 bits per heavy atom. The highest BCUT2D eigenvalue weighted by Gasteiger charge is 2.41. The van der Waals surface area contributed by atoms with Crippen molar-refractivity contribution in [2.24, 2.45) is 11.7 Å². The molecule has 0 bridgehead atoms. The second-order valence-electron chi connectivity index (χ2n) is 7.72. The van der Waals surface area contributed by atoms with E-state index in [1.807, 2.05) is 13.8 Å². The largest absolute Gasteiger partial charge is 0.363 e. The summed E-state index contributed by atoms with van der Waals surface area (Å²) in [5.41, 5.74) is 6.07. The SMILES string of the molecule is CC(C)n1nc([C@H](c2cn3nccnc3n2)C2CCC(F)(F)CC2)nc1C(N)=O. The first-order valence-electron chi connectivity index (χ1n) is 9.55. The molecule has 3 aromatic rings. The molecule has 154 valence electrons. The van der Waals surface area contributed by atoms with Crippen LogP contribution in [0.25, 0.3) is 5.78 Å². The number of fused-ring (bicyclic) bond motifs is 1. The molecule has 3 heterocycles. The van der Waals surface area contributed by atoms with E-state index in [2.05, 4.69) is 25.1 Å². The van der Waals surface area contributed by atoms with Gasteiger partial charge in [0.15, 0.2) is 5.82 Å². The van der Waals surface area contributed by atoms with Gasteiger partial charge in [-0.05, 0) is 32.6 Å². The quantitative estimate of drug-likeness (QED) is 0.698. The lowest BCUT2D eigenvalue weighted by molar-refractivity contribution is -0.0476. The van der Waals surface area contributed by atoms with Gasteiger partial charge in [-0.15, -0.1) is 0 Å². The van der Waals surface area contributed by atoms with E-state index >= 15 is 0 Å². The van der Waals surface area contributed by atoms with Gasteiger partial charge in [-0.3, -0.25) is 4.79 Å². The number of carbonyl (C=O) groups excluding carboxylic acids is 1. The predicted octanol–water partition coefficient (Wildman–Crippen LogP) is 2.35. The van der Waals surface area contributed by atoms with Crippen molar-refractivity contribution in [1.29, 1.82) is 0 Å². The summed E-state index contributed by atoms with van der Waals surface area (Å²) in [6.07, 6.45) is 4.96. The van der Waals surface area contributed by atoms with Crippen LogP contribution in [0.2, 0.25) is 0 Å². The molecule has 2 N–H and O–H groups in total. The normalized spacial score (nSPS) is 18.4. The highest BCUT2D eigenvalue weighted by atomic mass is 19.3. The Morgan fingerprint density at radius 2 is 1.97 bits per heavy atom. The van der Waals surface area contributed by atoms with E-state index in [4.69, 9.17) is 5.73 Å². The van der Waals surface area contributed by atoms with E-state index in [1.54, 1.807) is 6.20 Å². The van der Waals surface area contributed by atoms with Crippen LogP contribution < -0.4 is 5.73 Å². The van der Waals surface area contributed by atoms with E-state index in [1.165, 1.54) is 21.6 Å². The fraction of sp³-hybridized carbons (Fsp3) is 0.556. The van der Waals surface area contributed by atoms with Crippen molar-refractivity contribution in [3.63, 3.8) is 0 Å². The van der Waals surface area contributed by atoms with Gasteiger partial charge in [-0.25, -0.2) is 32.9 Å². The number of alkyl halides is 2. The molecule has 0 saturated heterocycles. The van der Waals surface area contributed by atoms with Crippen LogP contribution in [0.15, 0.2) is 18.6 Å². The summed E-state index contributed by atoms with van der Waals surface area (Å²) in [7, 11) is 0. The maximum atomic E-state index is 13.8. The van der Waals surface area contributed by atoms with Crippen LogP contribution in [0.1, 0.15) is 73.6 Å². The molecule has 0 radical (unpaired) electrons. The van der Waals surface area contributed by atoms with Crippen molar-refractivity contribution in [1.82, 2.24) is 34.3 Å². The molecule has 0 unspecified atom stereocenters. The molecular weight excluding hydrogens is 382 g/mol. The zero-order valence-electron chi connectivity index (χ0n) is 16.2. The second kappa shape index (κ2) is 7.12. The van der Waals surface area contributed by atoms with Gasteiger partial charge in [0.2, 0.25) is 11.7 Å². The molecule has 3 aromatic heterocycles. The summed E-state index contributed by atoms with van der Waals surface area (Å²) in [5.74, 6) is -3.17. The van der Waals surface area contributed by atoms with Crippen molar-refractivity contribution in [2.75, 3.05) is 0 Å². The molecule has 1 aliphatic rings. The molecule has 1 aliphatic carbocycles. The topological polar surface area (TPSA) is 117 Å². The summed E-state index contributed by atoms with van der Waals surface area (Å²) in [5, 5.41) is 8.69. The average Bonchev–Trinajstić information content (AvgIpc) is 3.28. The number of primary amides is 1.